The molecule has 0 saturated heterocycles. The van der Waals surface area contributed by atoms with Gasteiger partial charge in [-0.15, -0.1) is 0 Å². The van der Waals surface area contributed by atoms with E-state index < -0.39 is 5.97 Å². The van der Waals surface area contributed by atoms with E-state index in [0.717, 1.165) is 25.7 Å². The van der Waals surface area contributed by atoms with Gasteiger partial charge in [-0.1, -0.05) is 46.9 Å². The van der Waals surface area contributed by atoms with E-state index in [9.17, 15) is 14.7 Å². The average molecular weight is 556 g/mol. The monoisotopic (exact) mass is 555 g/mol. The SMILES string of the molecule is CC(C)N1c2c(Br)cc(C(=O)Cc3ccc(CI)cc3)cc2CC1CC(=O)O. The van der Waals surface area contributed by atoms with Crippen molar-refractivity contribution in [2.45, 2.75) is 49.6 Å². The van der Waals surface area contributed by atoms with Crippen molar-refractivity contribution in [1.29, 1.82) is 0 Å². The summed E-state index contributed by atoms with van der Waals surface area (Å²) < 4.78 is 1.81. The summed E-state index contributed by atoms with van der Waals surface area (Å²) in [7, 11) is 0. The molecule has 0 aromatic heterocycles. The zero-order chi connectivity index (χ0) is 20.4. The van der Waals surface area contributed by atoms with E-state index >= 15 is 0 Å². The van der Waals surface area contributed by atoms with Gasteiger partial charge in [-0.05, 0) is 65.0 Å². The summed E-state index contributed by atoms with van der Waals surface area (Å²) in [6, 6.07) is 12.1. The molecule has 6 heteroatoms. The van der Waals surface area contributed by atoms with Gasteiger partial charge in [-0.3, -0.25) is 9.59 Å². The zero-order valence-corrected chi connectivity index (χ0v) is 19.7. The number of nitrogens with zero attached hydrogens (tertiary/aromatic N) is 1. The number of halogens is 2. The van der Waals surface area contributed by atoms with Crippen molar-refractivity contribution < 1.29 is 14.7 Å². The van der Waals surface area contributed by atoms with E-state index in [2.05, 4.69) is 69.4 Å². The smallest absolute Gasteiger partial charge is 0.305 e. The molecule has 0 aliphatic carbocycles. The van der Waals surface area contributed by atoms with E-state index in [1.165, 1.54) is 5.56 Å². The minimum atomic E-state index is -0.800. The summed E-state index contributed by atoms with van der Waals surface area (Å²) in [4.78, 5) is 26.3. The molecule has 2 aromatic rings. The molecule has 0 radical (unpaired) electrons. The molecule has 148 valence electrons. The number of anilines is 1. The van der Waals surface area contributed by atoms with Crippen molar-refractivity contribution in [3.8, 4) is 0 Å². The van der Waals surface area contributed by atoms with Gasteiger partial charge in [0, 0.05) is 33.0 Å². The summed E-state index contributed by atoms with van der Waals surface area (Å²) in [5, 5.41) is 9.27. The minimum absolute atomic E-state index is 0.0727. The Hall–Kier alpha value is -1.41. The van der Waals surface area contributed by atoms with Crippen LogP contribution in [0, 0.1) is 0 Å². The lowest BCUT2D eigenvalue weighted by Gasteiger charge is -2.31. The number of aliphatic carboxylic acids is 1. The first kappa shape index (κ1) is 21.3. The van der Waals surface area contributed by atoms with Crippen LogP contribution in [0.3, 0.4) is 0 Å². The van der Waals surface area contributed by atoms with Crippen LogP contribution >= 0.6 is 38.5 Å². The number of rotatable bonds is 7. The number of carboxylic acids is 1. The molecule has 0 bridgehead atoms. The number of benzene rings is 2. The number of carbonyl (C=O) groups is 2. The average Bonchev–Trinajstić information content (AvgIpc) is 3.00. The van der Waals surface area contributed by atoms with E-state index in [0.29, 0.717) is 18.4 Å². The van der Waals surface area contributed by atoms with Crippen LogP contribution in [-0.2, 0) is 22.1 Å². The highest BCUT2D eigenvalue weighted by molar-refractivity contribution is 14.1. The van der Waals surface area contributed by atoms with E-state index in [4.69, 9.17) is 0 Å². The highest BCUT2D eigenvalue weighted by Gasteiger charge is 2.34. The predicted octanol–water partition coefficient (Wildman–Crippen LogP) is 5.42. The third-order valence-electron chi connectivity index (χ3n) is 5.08. The number of Topliss-reactive ketones (excluding diaryl/α,β-unsaturated/α-hetero) is 1. The Balaban J connectivity index is 1.86. The molecule has 0 spiro atoms. The normalized spacial score (nSPS) is 15.8. The van der Waals surface area contributed by atoms with Gasteiger partial charge < -0.3 is 10.0 Å². The highest BCUT2D eigenvalue weighted by atomic mass is 127. The summed E-state index contributed by atoms with van der Waals surface area (Å²) in [5.74, 6) is -0.727. The maximum atomic E-state index is 12.9. The highest BCUT2D eigenvalue weighted by Crippen LogP contribution is 2.41. The van der Waals surface area contributed by atoms with Crippen LogP contribution in [0.15, 0.2) is 40.9 Å². The first-order chi connectivity index (χ1) is 13.3. The maximum absolute atomic E-state index is 12.9. The Morgan fingerprint density at radius 1 is 1.21 bits per heavy atom. The Morgan fingerprint density at radius 3 is 2.43 bits per heavy atom. The van der Waals surface area contributed by atoms with Gasteiger partial charge in [0.25, 0.3) is 0 Å². The first-order valence-corrected chi connectivity index (χ1v) is 11.6. The van der Waals surface area contributed by atoms with Crippen molar-refractivity contribution in [2.24, 2.45) is 0 Å². The molecule has 2 aromatic carbocycles. The summed E-state index contributed by atoms with van der Waals surface area (Å²) in [6.45, 7) is 4.13. The summed E-state index contributed by atoms with van der Waals surface area (Å²) >= 11 is 5.95. The van der Waals surface area contributed by atoms with Crippen LogP contribution in [0.5, 0.6) is 0 Å². The number of hydrogen-bond acceptors (Lipinski definition) is 3. The molecule has 0 saturated carbocycles. The number of ketones is 1. The fourth-order valence-electron chi connectivity index (χ4n) is 3.88. The van der Waals surface area contributed by atoms with Crippen LogP contribution in [0.25, 0.3) is 0 Å². The zero-order valence-electron chi connectivity index (χ0n) is 15.9. The molecule has 1 heterocycles. The van der Waals surface area contributed by atoms with E-state index in [-0.39, 0.29) is 24.3 Å². The van der Waals surface area contributed by atoms with Gasteiger partial charge in [0.15, 0.2) is 5.78 Å². The minimum Gasteiger partial charge on any atom is -0.481 e. The molecule has 0 amide bonds. The van der Waals surface area contributed by atoms with Crippen molar-refractivity contribution in [2.75, 3.05) is 4.90 Å². The molecule has 1 N–H and O–H groups in total. The van der Waals surface area contributed by atoms with Gasteiger partial charge in [0.1, 0.15) is 0 Å². The fraction of sp³-hybridized carbons (Fsp3) is 0.364. The molecule has 1 atom stereocenters. The molecule has 1 aliphatic rings. The molecule has 1 aliphatic heterocycles. The van der Waals surface area contributed by atoms with Gasteiger partial charge in [-0.25, -0.2) is 0 Å². The number of hydrogen-bond donors (Lipinski definition) is 1. The number of carbonyl (C=O) groups excluding carboxylic acids is 1. The van der Waals surface area contributed by atoms with Crippen LogP contribution < -0.4 is 4.90 Å². The molecular weight excluding hydrogens is 533 g/mol. The van der Waals surface area contributed by atoms with Gasteiger partial charge in [0.05, 0.1) is 12.1 Å². The van der Waals surface area contributed by atoms with Crippen molar-refractivity contribution in [3.63, 3.8) is 0 Å². The largest absolute Gasteiger partial charge is 0.481 e. The van der Waals surface area contributed by atoms with Gasteiger partial charge >= 0.3 is 5.97 Å². The predicted molar refractivity (Wildman–Crippen MR) is 124 cm³/mol. The maximum Gasteiger partial charge on any atom is 0.305 e. The van der Waals surface area contributed by atoms with Crippen molar-refractivity contribution >= 4 is 56.0 Å². The Bertz CT molecular complexity index is 895. The molecule has 28 heavy (non-hydrogen) atoms. The lowest BCUT2D eigenvalue weighted by molar-refractivity contribution is -0.137. The Kier molecular flexibility index (Phi) is 6.81. The van der Waals surface area contributed by atoms with Crippen LogP contribution in [-0.4, -0.2) is 28.9 Å². The quantitative estimate of drug-likeness (QED) is 0.281. The number of alkyl halides is 1. The third kappa shape index (κ3) is 4.59. The lowest BCUT2D eigenvalue weighted by Crippen LogP contribution is -2.39. The standard InChI is InChI=1S/C22H23BrINO3/c1-13(2)25-18(11-21(27)28)9-17-8-16(10-19(23)22(17)25)20(26)7-14-3-5-15(12-24)6-4-14/h3-6,8,10,13,18H,7,9,11-12H2,1-2H3,(H,27,28). The fourth-order valence-corrected chi connectivity index (χ4v) is 5.10. The molecule has 0 fully saturated rings. The second-order valence-corrected chi connectivity index (χ2v) is 9.09. The van der Waals surface area contributed by atoms with E-state index in [1.54, 1.807) is 0 Å². The number of fused-ring (bicyclic) bond motifs is 1. The van der Waals surface area contributed by atoms with Crippen molar-refractivity contribution in [3.05, 3.63) is 63.1 Å². The Labute approximate surface area is 187 Å². The Morgan fingerprint density at radius 2 is 1.86 bits per heavy atom. The first-order valence-electron chi connectivity index (χ1n) is 9.29. The number of carboxylic acid groups (broad SMARTS) is 1. The second-order valence-electron chi connectivity index (χ2n) is 7.47. The van der Waals surface area contributed by atoms with Gasteiger partial charge in [-0.2, -0.15) is 0 Å². The molecule has 1 unspecified atom stereocenters. The third-order valence-corrected chi connectivity index (χ3v) is 6.57. The lowest BCUT2D eigenvalue weighted by atomic mass is 9.99. The van der Waals surface area contributed by atoms with Crippen LogP contribution in [0.4, 0.5) is 5.69 Å². The summed E-state index contributed by atoms with van der Waals surface area (Å²) in [6.07, 6.45) is 1.09. The van der Waals surface area contributed by atoms with Crippen LogP contribution in [0.1, 0.15) is 47.3 Å². The second kappa shape index (κ2) is 8.95. The van der Waals surface area contributed by atoms with Gasteiger partial charge in [0.2, 0.25) is 0 Å². The molecule has 4 nitrogen and oxygen atoms in total. The summed E-state index contributed by atoms with van der Waals surface area (Å²) in [5.41, 5.74) is 4.98. The molecular formula is C22H23BrINO3. The van der Waals surface area contributed by atoms with E-state index in [1.807, 2.05) is 24.3 Å². The van der Waals surface area contributed by atoms with Crippen molar-refractivity contribution in [1.82, 2.24) is 0 Å². The topological polar surface area (TPSA) is 57.6 Å². The molecule has 3 rings (SSSR count). The van der Waals surface area contributed by atoms with Crippen LogP contribution in [0.2, 0.25) is 0 Å².